The number of aromatic hydroxyl groups is 1. The van der Waals surface area contributed by atoms with Gasteiger partial charge in [-0.25, -0.2) is 13.0 Å². The summed E-state index contributed by atoms with van der Waals surface area (Å²) in [5, 5.41) is 19.5. The molecule has 0 amide bonds. The molecule has 0 spiro atoms. The molecule has 7 nitrogen and oxygen atoms in total. The number of fused-ring (bicyclic) bond motifs is 1. The number of unbranched alkanes of at least 4 members (excludes halogenated alkanes) is 6. The topological polar surface area (TPSA) is 86.9 Å². The molecular weight excluding hydrogens is 1520 g/mol. The van der Waals surface area contributed by atoms with Gasteiger partial charge < -0.3 is 19.5 Å². The predicted octanol–water partition coefficient (Wildman–Crippen LogP) is 24.7. The van der Waals surface area contributed by atoms with Crippen molar-refractivity contribution < 1.29 is 73.0 Å². The molecule has 0 aliphatic heterocycles. The normalized spacial score (nSPS) is 13.5. The number of hydrogen-bond donors (Lipinski definition) is 1. The molecule has 0 saturated carbocycles. The maximum atomic E-state index is 10.7. The van der Waals surface area contributed by atoms with Crippen LogP contribution in [-0.4, -0.2) is 80.0 Å². The summed E-state index contributed by atoms with van der Waals surface area (Å²) in [6.07, 6.45) is 20.6. The number of rotatable bonds is 27. The van der Waals surface area contributed by atoms with Crippen molar-refractivity contribution >= 4 is 106 Å². The Morgan fingerprint density at radius 3 is 0.918 bits per heavy atom. The zero-order chi connectivity index (χ0) is 80.4. The van der Waals surface area contributed by atoms with E-state index in [9.17, 15) is 68.4 Å². The Kier molecular flexibility index (Phi) is 30.4. The molecule has 0 fully saturated rings. The van der Waals surface area contributed by atoms with Gasteiger partial charge in [-0.15, -0.1) is 0 Å². The zero-order valence-corrected chi connectivity index (χ0v) is 67.0. The fourth-order valence-electron chi connectivity index (χ4n) is 13.5. The van der Waals surface area contributed by atoms with Gasteiger partial charge in [-0.3, -0.25) is 0 Å². The number of allylic oxidation sites excluding steroid dienone is 5. The fourth-order valence-corrected chi connectivity index (χ4v) is 22.8. The largest absolute Gasteiger partial charge is 0.744 e. The summed E-state index contributed by atoms with van der Waals surface area (Å²) in [5.74, 6) is 0.0974. The second-order valence-corrected chi connectivity index (χ2v) is 38.6. The molecule has 10 aromatic carbocycles. The molecule has 0 heterocycles. The molecule has 110 heavy (non-hydrogen) atoms. The maximum Gasteiger partial charge on any atom is 0.124 e. The van der Waals surface area contributed by atoms with Gasteiger partial charge in [0.05, 0.1) is 17.2 Å². The van der Waals surface area contributed by atoms with Gasteiger partial charge in [-0.2, -0.15) is 0 Å². The molecule has 0 radical (unpaired) electrons. The minimum Gasteiger partial charge on any atom is -0.744 e. The van der Waals surface area contributed by atoms with Gasteiger partial charge in [0, 0.05) is 49.7 Å². The van der Waals surface area contributed by atoms with E-state index in [1.807, 2.05) is 0 Å². The second-order valence-electron chi connectivity index (χ2n) is 26.2. The third kappa shape index (κ3) is 28.7. The molecule has 0 aromatic heterocycles. The smallest absolute Gasteiger partial charge is 0.124 e. The van der Waals surface area contributed by atoms with Crippen molar-refractivity contribution in [1.29, 1.82) is 0 Å². The number of phenols is 1. The molecule has 0 bridgehead atoms. The number of phenolic OH excluding ortho intramolecular Hbond substituents is 1. The van der Waals surface area contributed by atoms with E-state index in [0.29, 0.717) is 10.8 Å². The minimum atomic E-state index is -10.7. The third-order valence-electron chi connectivity index (χ3n) is 18.6. The van der Waals surface area contributed by atoms with Gasteiger partial charge in [-0.1, -0.05) is 165 Å². The molecule has 10 aromatic rings. The van der Waals surface area contributed by atoms with E-state index >= 15 is 0 Å². The van der Waals surface area contributed by atoms with Crippen molar-refractivity contribution in [2.24, 2.45) is 0 Å². The van der Waals surface area contributed by atoms with E-state index in [1.54, 1.807) is 6.07 Å². The standard InChI is InChI=1S/C45H48P2.C31H42N3.C10H8O4S.2F6P/c1(2-4-24-38-46(40-26-12-6-13-27-40,41-28-14-7-15-29-41)42-30-16-8-17-31-42)3-5-25-39-47(43-32-18-9-19-33-43,44-34-20-10-21-35-44)45-36-22-11-23-37-45;1-7-32(8-2)28-19-13-25(14-20-28)31(26-15-21-29(22-16-26)33(9-3)10-4)27-17-23-30(24-18-27)34(11-5)12-6;11-9-3-1-8-6-10(15(12,13)14)4-2-7(8)5-9;2*1-7(2,3,4,5)6/h6-23,26-37H,1-5,24-25,38-39H2;13-24H,7-12H2,1-6H3;1-6,11H,(H,12,13,14);;/q+2;+1;;2*-1/p-1. The van der Waals surface area contributed by atoms with Crippen LogP contribution in [0.2, 0.25) is 0 Å². The number of nitrogens with zero attached hydrogens (tertiary/aromatic N) is 3. The first-order valence-corrected chi connectivity index (χ1v) is 46.1. The van der Waals surface area contributed by atoms with Crippen LogP contribution in [0.15, 0.2) is 302 Å². The summed E-state index contributed by atoms with van der Waals surface area (Å²) in [4.78, 5) is 4.52. The third-order valence-corrected chi connectivity index (χ3v) is 28.5. The van der Waals surface area contributed by atoms with Crippen molar-refractivity contribution in [2.75, 3.05) is 61.4 Å². The Morgan fingerprint density at radius 2 is 0.645 bits per heavy atom. The van der Waals surface area contributed by atoms with Crippen LogP contribution >= 0.6 is 30.1 Å². The van der Waals surface area contributed by atoms with E-state index in [1.165, 1.54) is 159 Å². The Hall–Kier alpha value is -8.46. The fraction of sp³-hybridized carbons (Fsp3) is 0.244. The van der Waals surface area contributed by atoms with Crippen molar-refractivity contribution in [3.05, 3.63) is 308 Å². The van der Waals surface area contributed by atoms with Gasteiger partial charge in [-0.05, 0) is 234 Å². The van der Waals surface area contributed by atoms with Crippen LogP contribution in [0.1, 0.15) is 97.6 Å². The van der Waals surface area contributed by atoms with Crippen molar-refractivity contribution in [3.8, 4) is 5.75 Å². The molecular formula is C86H97F12N3O4P4S. The van der Waals surface area contributed by atoms with Crippen molar-refractivity contribution in [3.63, 3.8) is 0 Å². The molecule has 1 N–H and O–H groups in total. The quantitative estimate of drug-likeness (QED) is 0.0181. The Bertz CT molecular complexity index is 4330. The van der Waals surface area contributed by atoms with E-state index in [4.69, 9.17) is 0 Å². The molecule has 590 valence electrons. The van der Waals surface area contributed by atoms with Gasteiger partial charge in [0.25, 0.3) is 0 Å². The first kappa shape index (κ1) is 88.8. The van der Waals surface area contributed by atoms with Crippen molar-refractivity contribution in [1.82, 2.24) is 0 Å². The van der Waals surface area contributed by atoms with Crippen molar-refractivity contribution in [2.45, 2.75) is 91.4 Å². The second kappa shape index (κ2) is 37.7. The van der Waals surface area contributed by atoms with E-state index in [-0.39, 0.29) is 10.6 Å². The van der Waals surface area contributed by atoms with Crippen LogP contribution in [0.4, 0.5) is 61.7 Å². The Morgan fingerprint density at radius 1 is 0.373 bits per heavy atom. The maximum absolute atomic E-state index is 10.7. The van der Waals surface area contributed by atoms with E-state index < -0.39 is 40.3 Å². The summed E-state index contributed by atoms with van der Waals surface area (Å²) in [6, 6.07) is 94.7. The van der Waals surface area contributed by atoms with Gasteiger partial charge >= 0.3 is 66.0 Å². The zero-order valence-electron chi connectivity index (χ0n) is 62.6. The number of benzene rings is 10. The van der Waals surface area contributed by atoms with E-state index in [2.05, 4.69) is 311 Å². The van der Waals surface area contributed by atoms with Crippen LogP contribution < -0.4 is 41.6 Å². The average Bonchev–Trinajstić information content (AvgIpc) is 0.759. The van der Waals surface area contributed by atoms with Crippen LogP contribution in [0.3, 0.4) is 0 Å². The van der Waals surface area contributed by atoms with Gasteiger partial charge in [0.2, 0.25) is 0 Å². The molecule has 11 rings (SSSR count). The summed E-state index contributed by atoms with van der Waals surface area (Å²) in [6.45, 7) is 19.4. The van der Waals surface area contributed by atoms with Gasteiger partial charge in [0.15, 0.2) is 5.71 Å². The predicted molar refractivity (Wildman–Crippen MR) is 444 cm³/mol. The Labute approximate surface area is 641 Å². The monoisotopic (exact) mass is 1620 g/mol. The van der Waals surface area contributed by atoms with Crippen LogP contribution in [0.5, 0.6) is 5.75 Å². The molecule has 0 saturated heterocycles. The average molecular weight is 1620 g/mol. The van der Waals surface area contributed by atoms with Gasteiger partial charge in [0.1, 0.15) is 75.3 Å². The summed E-state index contributed by atoms with van der Waals surface area (Å²) in [5.41, 5.74) is 8.88. The number of hydrogen-bond acceptors (Lipinski definition) is 6. The summed E-state index contributed by atoms with van der Waals surface area (Å²) in [7, 11) is -29.2. The molecule has 0 unspecified atom stereocenters. The first-order chi connectivity index (χ1) is 51.8. The number of anilines is 2. The molecule has 0 atom stereocenters. The SMILES string of the molecule is CCN(CC)c1ccc(C(=C2C=CC(=[N+](CC)CC)C=C2)c2ccc(N(CC)CC)cc2)cc1.F[P-](F)(F)(F)(F)F.F[P-](F)(F)(F)(F)F.O=S(=O)([O-])c1ccc2cc(O)ccc2c1.c1ccc([P+](CCCCCCCCC[P+](c2ccccc2)(c2ccccc2)c2ccccc2)(c2ccccc2)c2ccccc2)cc1. The molecule has 24 heteroatoms. The summed E-state index contributed by atoms with van der Waals surface area (Å²) < 4.78 is 153. The minimum absolute atomic E-state index is 0.0974. The van der Waals surface area contributed by atoms with Crippen LogP contribution in [-0.2, 0) is 10.1 Å². The molecule has 1 aliphatic rings. The number of halogens is 12. The first-order valence-electron chi connectivity index (χ1n) is 36.6. The Balaban J connectivity index is 0.000000230. The van der Waals surface area contributed by atoms with E-state index in [0.717, 1.165) is 39.3 Å². The van der Waals surface area contributed by atoms with Crippen LogP contribution in [0, 0.1) is 0 Å². The summed E-state index contributed by atoms with van der Waals surface area (Å²) >= 11 is 0. The molecule has 1 aliphatic carbocycles. The van der Waals surface area contributed by atoms with Crippen LogP contribution in [0.25, 0.3) is 16.3 Å².